The summed E-state index contributed by atoms with van der Waals surface area (Å²) >= 11 is 0. The molecule has 0 aromatic carbocycles. The molecule has 0 aromatic rings. The van der Waals surface area contributed by atoms with Crippen molar-refractivity contribution in [2.45, 2.75) is 51.4 Å². The summed E-state index contributed by atoms with van der Waals surface area (Å²) < 4.78 is 16.2. The van der Waals surface area contributed by atoms with Crippen molar-refractivity contribution in [2.75, 3.05) is 19.8 Å². The summed E-state index contributed by atoms with van der Waals surface area (Å²) in [4.78, 5) is 11.1. The molecule has 1 atom stereocenters. The minimum Gasteiger partial charge on any atom is -0.519 e. The van der Waals surface area contributed by atoms with Crippen molar-refractivity contribution in [2.24, 2.45) is 0 Å². The van der Waals surface area contributed by atoms with Gasteiger partial charge in [0.25, 0.3) is 14.3 Å². The predicted molar refractivity (Wildman–Crippen MR) is 68.5 cm³/mol. The lowest BCUT2D eigenvalue weighted by molar-refractivity contribution is -0.132. The van der Waals surface area contributed by atoms with Crippen molar-refractivity contribution in [3.05, 3.63) is 0 Å². The van der Waals surface area contributed by atoms with Crippen LogP contribution in [0.2, 0.25) is 18.1 Å². The van der Waals surface area contributed by atoms with Crippen LogP contribution in [0.4, 0.5) is 0 Å². The molecule has 1 rings (SSSR count). The molecule has 4 nitrogen and oxygen atoms in total. The van der Waals surface area contributed by atoms with E-state index in [9.17, 15) is 4.79 Å². The fourth-order valence-electron chi connectivity index (χ4n) is 1.98. The van der Waals surface area contributed by atoms with Gasteiger partial charge in [-0.1, -0.05) is 13.8 Å². The average Bonchev–Trinajstić information content (AvgIpc) is 3.10. The van der Waals surface area contributed by atoms with Gasteiger partial charge in [0.15, 0.2) is 0 Å². The van der Waals surface area contributed by atoms with E-state index in [4.69, 9.17) is 13.9 Å². The van der Waals surface area contributed by atoms with Crippen LogP contribution in [0.15, 0.2) is 0 Å². The smallest absolute Gasteiger partial charge is 0.289 e. The molecule has 1 unspecified atom stereocenters. The number of carbonyl (C=O) groups excluding carboxylic acids is 1. The molecule has 0 aliphatic carbocycles. The van der Waals surface area contributed by atoms with Crippen LogP contribution in [0.25, 0.3) is 0 Å². The molecular weight excluding hydrogens is 236 g/mol. The molecule has 17 heavy (non-hydrogen) atoms. The Hall–Kier alpha value is -0.393. The molecule has 0 spiro atoms. The highest BCUT2D eigenvalue weighted by Crippen LogP contribution is 2.24. The van der Waals surface area contributed by atoms with Gasteiger partial charge in [0.05, 0.1) is 13.2 Å². The van der Waals surface area contributed by atoms with Gasteiger partial charge in [-0.2, -0.15) is 0 Å². The fraction of sp³-hybridized carbons (Fsp3) is 0.917. The zero-order chi connectivity index (χ0) is 12.7. The molecule has 1 saturated heterocycles. The molecule has 0 bridgehead atoms. The quantitative estimate of drug-likeness (QED) is 0.363. The molecule has 0 radical (unpaired) electrons. The van der Waals surface area contributed by atoms with Gasteiger partial charge >= 0.3 is 0 Å². The van der Waals surface area contributed by atoms with Crippen LogP contribution in [0.5, 0.6) is 0 Å². The summed E-state index contributed by atoms with van der Waals surface area (Å²) in [6, 6.07) is 2.99. The third-order valence-corrected chi connectivity index (χ3v) is 7.84. The van der Waals surface area contributed by atoms with Crippen molar-refractivity contribution in [3.8, 4) is 0 Å². The summed E-state index contributed by atoms with van der Waals surface area (Å²) in [5.41, 5.74) is 0. The maximum absolute atomic E-state index is 11.1. The van der Waals surface area contributed by atoms with Crippen molar-refractivity contribution in [1.82, 2.24) is 0 Å². The highest BCUT2D eigenvalue weighted by molar-refractivity contribution is 6.75. The zero-order valence-electron chi connectivity index (χ0n) is 11.2. The molecule has 0 N–H and O–H groups in total. The predicted octanol–water partition coefficient (Wildman–Crippen LogP) is 2.34. The first-order valence-corrected chi connectivity index (χ1v) is 9.04. The second kappa shape index (κ2) is 7.13. The standard InChI is InChI=1S/C12H24O4Si/c1-4-17(5-2,16-11(3)13)8-6-7-14-9-12-10-15-12/h12H,4-10H2,1-3H3. The van der Waals surface area contributed by atoms with Gasteiger partial charge in [-0.25, -0.2) is 0 Å². The first-order chi connectivity index (χ1) is 8.12. The van der Waals surface area contributed by atoms with Crippen LogP contribution in [-0.2, 0) is 18.7 Å². The monoisotopic (exact) mass is 260 g/mol. The van der Waals surface area contributed by atoms with Gasteiger partial charge in [0, 0.05) is 13.5 Å². The molecule has 0 saturated carbocycles. The van der Waals surface area contributed by atoms with Crippen LogP contribution in [0, 0.1) is 0 Å². The first-order valence-electron chi connectivity index (χ1n) is 6.51. The van der Waals surface area contributed by atoms with Gasteiger partial charge in [-0.05, 0) is 24.6 Å². The molecular formula is C12H24O4Si. The number of carbonyl (C=O) groups is 1. The summed E-state index contributed by atoms with van der Waals surface area (Å²) in [5, 5.41) is 0. The topological polar surface area (TPSA) is 48.1 Å². The Morgan fingerprint density at radius 2 is 2.06 bits per heavy atom. The van der Waals surface area contributed by atoms with Crippen LogP contribution < -0.4 is 0 Å². The molecule has 5 heteroatoms. The Labute approximate surface area is 105 Å². The Kier molecular flexibility index (Phi) is 6.15. The molecule has 0 amide bonds. The summed E-state index contributed by atoms with van der Waals surface area (Å²) in [6.07, 6.45) is 1.32. The minimum absolute atomic E-state index is 0.132. The highest BCUT2D eigenvalue weighted by atomic mass is 28.4. The minimum atomic E-state index is -1.83. The van der Waals surface area contributed by atoms with Gasteiger partial charge in [-0.3, -0.25) is 4.79 Å². The number of hydrogen-bond acceptors (Lipinski definition) is 4. The largest absolute Gasteiger partial charge is 0.519 e. The third-order valence-electron chi connectivity index (χ3n) is 3.28. The Balaban J connectivity index is 2.19. The van der Waals surface area contributed by atoms with E-state index in [-0.39, 0.29) is 5.97 Å². The van der Waals surface area contributed by atoms with E-state index < -0.39 is 8.32 Å². The molecule has 1 aliphatic heterocycles. The number of hydrogen-bond donors (Lipinski definition) is 0. The van der Waals surface area contributed by atoms with Crippen molar-refractivity contribution >= 4 is 14.3 Å². The average molecular weight is 260 g/mol. The van der Waals surface area contributed by atoms with Crippen LogP contribution in [-0.4, -0.2) is 40.2 Å². The van der Waals surface area contributed by atoms with Crippen LogP contribution in [0.1, 0.15) is 27.2 Å². The summed E-state index contributed by atoms with van der Waals surface area (Å²) in [6.45, 7) is 8.05. The Bertz CT molecular complexity index is 237. The SMILES string of the molecule is CC[Si](CC)(CCCOCC1CO1)OC(C)=O. The van der Waals surface area contributed by atoms with Gasteiger partial charge in [-0.15, -0.1) is 0 Å². The van der Waals surface area contributed by atoms with E-state index in [0.717, 1.165) is 37.8 Å². The molecule has 1 heterocycles. The van der Waals surface area contributed by atoms with Crippen molar-refractivity contribution < 1.29 is 18.7 Å². The van der Waals surface area contributed by atoms with Crippen LogP contribution >= 0.6 is 0 Å². The van der Waals surface area contributed by atoms with Crippen LogP contribution in [0.3, 0.4) is 0 Å². The number of rotatable bonds is 9. The second-order valence-electron chi connectivity index (χ2n) is 4.62. The van der Waals surface area contributed by atoms with Gasteiger partial charge in [0.2, 0.25) is 0 Å². The van der Waals surface area contributed by atoms with E-state index >= 15 is 0 Å². The van der Waals surface area contributed by atoms with Gasteiger partial charge < -0.3 is 13.9 Å². The number of ether oxygens (including phenoxy) is 2. The molecule has 1 fully saturated rings. The lowest BCUT2D eigenvalue weighted by Gasteiger charge is -2.28. The molecule has 0 aromatic heterocycles. The second-order valence-corrected chi connectivity index (χ2v) is 9.10. The molecule has 1 aliphatic rings. The summed E-state index contributed by atoms with van der Waals surface area (Å²) in [7, 11) is -1.83. The van der Waals surface area contributed by atoms with E-state index in [1.165, 1.54) is 6.92 Å². The normalized spacial score (nSPS) is 19.1. The van der Waals surface area contributed by atoms with E-state index in [2.05, 4.69) is 13.8 Å². The third kappa shape index (κ3) is 5.65. The van der Waals surface area contributed by atoms with Crippen molar-refractivity contribution in [3.63, 3.8) is 0 Å². The Morgan fingerprint density at radius 3 is 2.53 bits per heavy atom. The van der Waals surface area contributed by atoms with E-state index in [1.807, 2.05) is 0 Å². The first kappa shape index (κ1) is 14.7. The zero-order valence-corrected chi connectivity index (χ0v) is 12.2. The summed E-state index contributed by atoms with van der Waals surface area (Å²) in [5.74, 6) is -0.132. The maximum Gasteiger partial charge on any atom is 0.289 e. The van der Waals surface area contributed by atoms with E-state index in [0.29, 0.717) is 12.7 Å². The lowest BCUT2D eigenvalue weighted by Crippen LogP contribution is -2.38. The van der Waals surface area contributed by atoms with Crippen molar-refractivity contribution in [1.29, 1.82) is 0 Å². The Morgan fingerprint density at radius 1 is 1.41 bits per heavy atom. The fourth-order valence-corrected chi connectivity index (χ4v) is 4.98. The molecule has 100 valence electrons. The van der Waals surface area contributed by atoms with Gasteiger partial charge in [0.1, 0.15) is 6.10 Å². The number of epoxide rings is 1. The maximum atomic E-state index is 11.1. The lowest BCUT2D eigenvalue weighted by atomic mass is 10.5. The highest BCUT2D eigenvalue weighted by Gasteiger charge is 2.33. The van der Waals surface area contributed by atoms with E-state index in [1.54, 1.807) is 0 Å².